The first kappa shape index (κ1) is 22.1. The Kier molecular flexibility index (Phi) is 9.18. The van der Waals surface area contributed by atoms with Crippen LogP contribution in [0.3, 0.4) is 0 Å². The molecule has 0 radical (unpaired) electrons. The minimum absolute atomic E-state index is 0.235. The molecule has 0 aromatic heterocycles. The number of carboxylic acids is 1. The number of aliphatic hydroxyl groups is 1. The molecule has 4 nitrogen and oxygen atoms in total. The summed E-state index contributed by atoms with van der Waals surface area (Å²) in [6.45, 7) is 2.31. The number of aryl methyl sites for hydroxylation is 1. The summed E-state index contributed by atoms with van der Waals surface area (Å²) in [5, 5.41) is 23.7. The smallest absolute Gasteiger partial charge is 0.323 e. The molecule has 0 bridgehead atoms. The molecule has 0 spiro atoms. The van der Waals surface area contributed by atoms with Crippen LogP contribution in [0.25, 0.3) is 0 Å². The summed E-state index contributed by atoms with van der Waals surface area (Å²) in [7, 11) is 0. The number of nitrogens with one attached hydrogen (secondary N) is 1. The van der Waals surface area contributed by atoms with Gasteiger partial charge in [-0.25, -0.2) is 0 Å². The number of hydrogen-bond donors (Lipinski definition) is 3. The van der Waals surface area contributed by atoms with E-state index in [1.165, 1.54) is 5.56 Å². The minimum atomic E-state index is -0.984. The molecule has 2 unspecified atom stereocenters. The average molecular weight is 384 g/mol. The van der Waals surface area contributed by atoms with Gasteiger partial charge in [0, 0.05) is 6.54 Å². The lowest BCUT2D eigenvalue weighted by Crippen LogP contribution is -2.53. The summed E-state index contributed by atoms with van der Waals surface area (Å²) in [5.74, 6) is -0.819. The van der Waals surface area contributed by atoms with Crippen LogP contribution in [0.2, 0.25) is 0 Å². The molecule has 152 valence electrons. The Morgan fingerprint density at radius 1 is 0.964 bits per heavy atom. The molecule has 0 saturated heterocycles. The third kappa shape index (κ3) is 6.77. The standard InChI is InChI=1S/C24H33NO3/c1-2-3-17-24(23(27)28,18-11-10-14-20-12-6-4-7-13-20)25-19-22(26)21-15-8-5-9-16-21/h4-9,12-13,15-16,22,25-26H,2-3,10-11,14,17-19H2,1H3,(H,27,28). The zero-order valence-electron chi connectivity index (χ0n) is 16.8. The molecule has 2 atom stereocenters. The molecule has 4 heteroatoms. The zero-order chi connectivity index (χ0) is 20.2. The van der Waals surface area contributed by atoms with Crippen molar-refractivity contribution in [2.24, 2.45) is 0 Å². The molecule has 3 N–H and O–H groups in total. The topological polar surface area (TPSA) is 69.6 Å². The second kappa shape index (κ2) is 11.6. The van der Waals surface area contributed by atoms with Gasteiger partial charge in [-0.05, 0) is 36.8 Å². The monoisotopic (exact) mass is 383 g/mol. The Morgan fingerprint density at radius 2 is 1.57 bits per heavy atom. The van der Waals surface area contributed by atoms with Crippen LogP contribution in [-0.2, 0) is 11.2 Å². The summed E-state index contributed by atoms with van der Waals surface area (Å²) >= 11 is 0. The van der Waals surface area contributed by atoms with Crippen LogP contribution in [0.4, 0.5) is 0 Å². The highest BCUT2D eigenvalue weighted by atomic mass is 16.4. The van der Waals surface area contributed by atoms with E-state index in [1.54, 1.807) is 0 Å². The van der Waals surface area contributed by atoms with Crippen LogP contribution in [0.15, 0.2) is 60.7 Å². The molecular formula is C24H33NO3. The van der Waals surface area contributed by atoms with E-state index in [1.807, 2.05) is 48.5 Å². The van der Waals surface area contributed by atoms with E-state index in [0.717, 1.165) is 37.7 Å². The Morgan fingerprint density at radius 3 is 2.18 bits per heavy atom. The van der Waals surface area contributed by atoms with E-state index < -0.39 is 17.6 Å². The minimum Gasteiger partial charge on any atom is -0.480 e. The Bertz CT molecular complexity index is 690. The lowest BCUT2D eigenvalue weighted by Gasteiger charge is -2.32. The number of β-amino-alcohol motifs (C(OH)–C–C–N with tert-alkyl or cyclic N) is 1. The molecule has 2 aromatic rings. The molecule has 0 amide bonds. The lowest BCUT2D eigenvalue weighted by atomic mass is 9.86. The van der Waals surface area contributed by atoms with Crippen LogP contribution >= 0.6 is 0 Å². The van der Waals surface area contributed by atoms with Gasteiger partial charge in [0.25, 0.3) is 0 Å². The van der Waals surface area contributed by atoms with E-state index >= 15 is 0 Å². The van der Waals surface area contributed by atoms with Crippen molar-refractivity contribution >= 4 is 5.97 Å². The van der Waals surface area contributed by atoms with Gasteiger partial charge in [-0.15, -0.1) is 0 Å². The Labute approximate surface area is 168 Å². The van der Waals surface area contributed by atoms with Crippen molar-refractivity contribution in [2.75, 3.05) is 6.54 Å². The predicted octanol–water partition coefficient (Wildman–Crippen LogP) is 4.74. The van der Waals surface area contributed by atoms with Crippen molar-refractivity contribution in [1.29, 1.82) is 0 Å². The fourth-order valence-corrected chi connectivity index (χ4v) is 3.56. The molecule has 28 heavy (non-hydrogen) atoms. The Balaban J connectivity index is 1.96. The van der Waals surface area contributed by atoms with E-state index in [-0.39, 0.29) is 6.54 Å². The zero-order valence-corrected chi connectivity index (χ0v) is 16.8. The summed E-state index contributed by atoms with van der Waals surface area (Å²) < 4.78 is 0. The predicted molar refractivity (Wildman–Crippen MR) is 113 cm³/mol. The second-order valence-electron chi connectivity index (χ2n) is 7.49. The molecular weight excluding hydrogens is 350 g/mol. The van der Waals surface area contributed by atoms with Gasteiger partial charge in [0.05, 0.1) is 6.10 Å². The molecule has 2 aromatic carbocycles. The largest absolute Gasteiger partial charge is 0.480 e. The molecule has 0 aliphatic rings. The van der Waals surface area contributed by atoms with Gasteiger partial charge in [-0.2, -0.15) is 0 Å². The molecule has 0 heterocycles. The number of hydrogen-bond acceptors (Lipinski definition) is 3. The normalized spacial score (nSPS) is 14.4. The van der Waals surface area contributed by atoms with Crippen LogP contribution in [0.5, 0.6) is 0 Å². The maximum Gasteiger partial charge on any atom is 0.323 e. The van der Waals surface area contributed by atoms with E-state index in [9.17, 15) is 15.0 Å². The van der Waals surface area contributed by atoms with Gasteiger partial charge in [0.2, 0.25) is 0 Å². The number of benzene rings is 2. The highest BCUT2D eigenvalue weighted by molar-refractivity contribution is 5.78. The number of carbonyl (C=O) groups is 1. The number of unbranched alkanes of at least 4 members (excludes halogenated alkanes) is 2. The number of rotatable bonds is 13. The van der Waals surface area contributed by atoms with Crippen molar-refractivity contribution in [1.82, 2.24) is 5.32 Å². The summed E-state index contributed by atoms with van der Waals surface area (Å²) in [4.78, 5) is 12.2. The first-order valence-electron chi connectivity index (χ1n) is 10.3. The first-order valence-corrected chi connectivity index (χ1v) is 10.3. The molecule has 2 rings (SSSR count). The first-order chi connectivity index (χ1) is 13.6. The van der Waals surface area contributed by atoms with Crippen LogP contribution < -0.4 is 5.32 Å². The van der Waals surface area contributed by atoms with Crippen molar-refractivity contribution in [3.05, 3.63) is 71.8 Å². The molecule has 0 saturated carbocycles. The molecule has 0 fully saturated rings. The van der Waals surface area contributed by atoms with E-state index in [4.69, 9.17) is 0 Å². The van der Waals surface area contributed by atoms with Crippen molar-refractivity contribution in [2.45, 2.75) is 63.5 Å². The van der Waals surface area contributed by atoms with Crippen LogP contribution in [0.1, 0.15) is 62.7 Å². The highest BCUT2D eigenvalue weighted by Crippen LogP contribution is 2.24. The van der Waals surface area contributed by atoms with Crippen molar-refractivity contribution in [3.63, 3.8) is 0 Å². The third-order valence-electron chi connectivity index (χ3n) is 5.35. The lowest BCUT2D eigenvalue weighted by molar-refractivity contribution is -0.146. The number of carboxylic acid groups (broad SMARTS) is 1. The molecule has 0 aliphatic carbocycles. The average Bonchev–Trinajstić information content (AvgIpc) is 2.73. The fraction of sp³-hybridized carbons (Fsp3) is 0.458. The maximum atomic E-state index is 12.2. The highest BCUT2D eigenvalue weighted by Gasteiger charge is 2.37. The second-order valence-corrected chi connectivity index (χ2v) is 7.49. The third-order valence-corrected chi connectivity index (χ3v) is 5.35. The summed E-state index contributed by atoms with van der Waals surface area (Å²) in [6.07, 6.45) is 4.96. The summed E-state index contributed by atoms with van der Waals surface area (Å²) in [6, 6.07) is 19.7. The number of aliphatic hydroxyl groups excluding tert-OH is 1. The van der Waals surface area contributed by atoms with Gasteiger partial charge in [-0.1, -0.05) is 86.8 Å². The van der Waals surface area contributed by atoms with E-state index in [2.05, 4.69) is 24.4 Å². The van der Waals surface area contributed by atoms with E-state index in [0.29, 0.717) is 12.8 Å². The van der Waals surface area contributed by atoms with Crippen LogP contribution in [-0.4, -0.2) is 28.3 Å². The van der Waals surface area contributed by atoms with Crippen LogP contribution in [0, 0.1) is 0 Å². The van der Waals surface area contributed by atoms with Gasteiger partial charge < -0.3 is 10.2 Å². The van der Waals surface area contributed by atoms with Gasteiger partial charge in [0.15, 0.2) is 0 Å². The van der Waals surface area contributed by atoms with Gasteiger partial charge >= 0.3 is 5.97 Å². The summed E-state index contributed by atoms with van der Waals surface area (Å²) in [5.41, 5.74) is 1.10. The van der Waals surface area contributed by atoms with Gasteiger partial charge in [-0.3, -0.25) is 10.1 Å². The quantitative estimate of drug-likeness (QED) is 0.437. The van der Waals surface area contributed by atoms with Crippen molar-refractivity contribution < 1.29 is 15.0 Å². The SMILES string of the molecule is CCCCC(CCCCc1ccccc1)(NCC(O)c1ccccc1)C(=O)O. The molecule has 0 aliphatic heterocycles. The Hall–Kier alpha value is -2.17. The van der Waals surface area contributed by atoms with Crippen molar-refractivity contribution in [3.8, 4) is 0 Å². The fourth-order valence-electron chi connectivity index (χ4n) is 3.56. The van der Waals surface area contributed by atoms with Gasteiger partial charge in [0.1, 0.15) is 5.54 Å². The maximum absolute atomic E-state index is 12.2. The number of aliphatic carboxylic acids is 1.